The summed E-state index contributed by atoms with van der Waals surface area (Å²) >= 11 is 1.55. The first-order chi connectivity index (χ1) is 16.2. The maximum Gasteiger partial charge on any atom is 0.223 e. The fourth-order valence-electron chi connectivity index (χ4n) is 3.88. The zero-order valence-corrected chi connectivity index (χ0v) is 19.1. The number of nitrogens with zero attached hydrogens (tertiary/aromatic N) is 4. The second-order valence-electron chi connectivity index (χ2n) is 7.93. The Labute approximate surface area is 196 Å². The highest BCUT2D eigenvalue weighted by Gasteiger charge is 2.23. The number of piperazine rings is 1. The largest absolute Gasteiger partial charge is 0.348 e. The molecule has 0 saturated carbocycles. The molecule has 6 nitrogen and oxygen atoms in total. The van der Waals surface area contributed by atoms with E-state index in [1.165, 1.54) is 6.07 Å². The minimum Gasteiger partial charge on any atom is -0.348 e. The number of hydrogen-bond donors (Lipinski definition) is 2. The van der Waals surface area contributed by atoms with Crippen molar-refractivity contribution >= 4 is 22.4 Å². The molecule has 2 aromatic carbocycles. The van der Waals surface area contributed by atoms with E-state index in [1.807, 2.05) is 30.3 Å². The summed E-state index contributed by atoms with van der Waals surface area (Å²) in [6, 6.07) is 18.8. The van der Waals surface area contributed by atoms with Crippen molar-refractivity contribution in [3.8, 4) is 21.8 Å². The highest BCUT2D eigenvalue weighted by atomic mass is 32.1. The smallest absolute Gasteiger partial charge is 0.223 e. The van der Waals surface area contributed by atoms with Gasteiger partial charge in [0.25, 0.3) is 0 Å². The molecule has 0 spiro atoms. The lowest BCUT2D eigenvalue weighted by Gasteiger charge is -2.26. The SMILES string of the molecule is C[C@H](Nc1nccc(-c2sc(N3CCNCC3)nc2-c2ccccc2F)n1)c1ccccc1. The molecule has 1 saturated heterocycles. The zero-order chi connectivity index (χ0) is 22.6. The Kier molecular flexibility index (Phi) is 6.28. The van der Waals surface area contributed by atoms with Crippen LogP contribution in [-0.2, 0) is 0 Å². The average Bonchev–Trinajstić information content (AvgIpc) is 3.31. The van der Waals surface area contributed by atoms with Crippen molar-refractivity contribution in [2.24, 2.45) is 0 Å². The normalized spacial score (nSPS) is 14.8. The first-order valence-corrected chi connectivity index (χ1v) is 11.9. The topological polar surface area (TPSA) is 66.0 Å². The molecule has 0 unspecified atom stereocenters. The van der Waals surface area contributed by atoms with Crippen LogP contribution in [0, 0.1) is 5.82 Å². The van der Waals surface area contributed by atoms with Gasteiger partial charge in [-0.1, -0.05) is 53.8 Å². The van der Waals surface area contributed by atoms with E-state index in [2.05, 4.69) is 39.6 Å². The van der Waals surface area contributed by atoms with Crippen LogP contribution in [0.5, 0.6) is 0 Å². The Morgan fingerprint density at radius 2 is 1.76 bits per heavy atom. The van der Waals surface area contributed by atoms with Gasteiger partial charge in [0, 0.05) is 37.9 Å². The van der Waals surface area contributed by atoms with Gasteiger partial charge in [0.15, 0.2) is 5.13 Å². The molecule has 0 radical (unpaired) electrons. The Morgan fingerprint density at radius 1 is 1.00 bits per heavy atom. The maximum absolute atomic E-state index is 14.8. The molecule has 33 heavy (non-hydrogen) atoms. The molecule has 0 amide bonds. The van der Waals surface area contributed by atoms with E-state index in [1.54, 1.807) is 29.7 Å². The summed E-state index contributed by atoms with van der Waals surface area (Å²) in [7, 11) is 0. The van der Waals surface area contributed by atoms with Crippen LogP contribution in [0.15, 0.2) is 66.9 Å². The second kappa shape index (κ2) is 9.64. The summed E-state index contributed by atoms with van der Waals surface area (Å²) in [5, 5.41) is 7.63. The van der Waals surface area contributed by atoms with Crippen molar-refractivity contribution in [2.45, 2.75) is 13.0 Å². The van der Waals surface area contributed by atoms with E-state index in [0.29, 0.717) is 17.2 Å². The van der Waals surface area contributed by atoms with Gasteiger partial charge in [-0.15, -0.1) is 0 Å². The van der Waals surface area contributed by atoms with Crippen LogP contribution in [0.4, 0.5) is 15.5 Å². The van der Waals surface area contributed by atoms with Crippen molar-refractivity contribution < 1.29 is 4.39 Å². The fourth-order valence-corrected chi connectivity index (χ4v) is 4.98. The van der Waals surface area contributed by atoms with Crippen molar-refractivity contribution in [1.82, 2.24) is 20.3 Å². The van der Waals surface area contributed by atoms with Crippen molar-refractivity contribution in [2.75, 3.05) is 36.4 Å². The van der Waals surface area contributed by atoms with Gasteiger partial charge in [-0.3, -0.25) is 0 Å². The molecule has 5 rings (SSSR count). The van der Waals surface area contributed by atoms with Gasteiger partial charge < -0.3 is 15.5 Å². The number of nitrogens with one attached hydrogen (secondary N) is 2. The number of halogens is 1. The van der Waals surface area contributed by atoms with Crippen LogP contribution in [0.1, 0.15) is 18.5 Å². The van der Waals surface area contributed by atoms with Crippen LogP contribution in [0.2, 0.25) is 0 Å². The molecule has 168 valence electrons. The monoisotopic (exact) mass is 460 g/mol. The van der Waals surface area contributed by atoms with Gasteiger partial charge in [-0.2, -0.15) is 0 Å². The molecule has 0 bridgehead atoms. The van der Waals surface area contributed by atoms with Gasteiger partial charge in [0.05, 0.1) is 22.3 Å². The summed E-state index contributed by atoms with van der Waals surface area (Å²) in [5.41, 5.74) is 2.98. The zero-order valence-electron chi connectivity index (χ0n) is 18.3. The molecule has 1 atom stereocenters. The summed E-state index contributed by atoms with van der Waals surface area (Å²) in [4.78, 5) is 17.2. The number of hydrogen-bond acceptors (Lipinski definition) is 7. The Morgan fingerprint density at radius 3 is 2.55 bits per heavy atom. The number of benzene rings is 2. The third-order valence-electron chi connectivity index (χ3n) is 5.67. The minimum absolute atomic E-state index is 0.0466. The molecule has 3 heterocycles. The van der Waals surface area contributed by atoms with Gasteiger partial charge in [0.1, 0.15) is 5.82 Å². The number of aromatic nitrogens is 3. The quantitative estimate of drug-likeness (QED) is 0.423. The molecule has 2 N–H and O–H groups in total. The van der Waals surface area contributed by atoms with E-state index in [0.717, 1.165) is 47.4 Å². The summed E-state index contributed by atoms with van der Waals surface area (Å²) in [5.74, 6) is 0.237. The van der Waals surface area contributed by atoms with Crippen LogP contribution >= 0.6 is 11.3 Å². The van der Waals surface area contributed by atoms with E-state index >= 15 is 0 Å². The number of thiazole rings is 1. The third-order valence-corrected chi connectivity index (χ3v) is 6.80. The lowest BCUT2D eigenvalue weighted by molar-refractivity contribution is 0.588. The highest BCUT2D eigenvalue weighted by molar-refractivity contribution is 7.19. The predicted octanol–water partition coefficient (Wildman–Crippen LogP) is 4.99. The predicted molar refractivity (Wildman–Crippen MR) is 132 cm³/mol. The van der Waals surface area contributed by atoms with Crippen molar-refractivity contribution in [3.63, 3.8) is 0 Å². The average molecular weight is 461 g/mol. The molecular formula is C25H25FN6S. The van der Waals surface area contributed by atoms with Gasteiger partial charge in [-0.05, 0) is 30.7 Å². The van der Waals surface area contributed by atoms with E-state index in [-0.39, 0.29) is 11.9 Å². The van der Waals surface area contributed by atoms with Gasteiger partial charge >= 0.3 is 0 Å². The Bertz CT molecular complexity index is 1220. The lowest BCUT2D eigenvalue weighted by atomic mass is 10.1. The fraction of sp³-hybridized carbons (Fsp3) is 0.240. The maximum atomic E-state index is 14.8. The first kappa shape index (κ1) is 21.5. The summed E-state index contributed by atoms with van der Waals surface area (Å²) in [6.45, 7) is 5.63. The Balaban J connectivity index is 1.52. The molecule has 1 aliphatic heterocycles. The molecular weight excluding hydrogens is 435 g/mol. The van der Waals surface area contributed by atoms with E-state index in [4.69, 9.17) is 9.97 Å². The molecule has 2 aromatic heterocycles. The highest BCUT2D eigenvalue weighted by Crippen LogP contribution is 2.40. The summed E-state index contributed by atoms with van der Waals surface area (Å²) < 4.78 is 14.8. The van der Waals surface area contributed by atoms with Gasteiger partial charge in [-0.25, -0.2) is 19.3 Å². The van der Waals surface area contributed by atoms with Crippen molar-refractivity contribution in [1.29, 1.82) is 0 Å². The number of anilines is 2. The van der Waals surface area contributed by atoms with E-state index < -0.39 is 0 Å². The van der Waals surface area contributed by atoms with Gasteiger partial charge in [0.2, 0.25) is 5.95 Å². The minimum atomic E-state index is -0.291. The first-order valence-electron chi connectivity index (χ1n) is 11.1. The van der Waals surface area contributed by atoms with Crippen molar-refractivity contribution in [3.05, 3.63) is 78.2 Å². The van der Waals surface area contributed by atoms with E-state index in [9.17, 15) is 4.39 Å². The Hall–Kier alpha value is -3.36. The standard InChI is InChI=1S/C25H25FN6S/c1-17(18-7-3-2-4-8-18)29-24-28-12-11-21(30-24)23-22(19-9-5-6-10-20(19)26)31-25(33-23)32-15-13-27-14-16-32/h2-12,17,27H,13-16H2,1H3,(H,28,29,30)/t17-/m0/s1. The summed E-state index contributed by atoms with van der Waals surface area (Å²) in [6.07, 6.45) is 1.73. The molecule has 1 aliphatic rings. The second-order valence-corrected chi connectivity index (χ2v) is 8.91. The van der Waals surface area contributed by atoms with Crippen LogP contribution in [-0.4, -0.2) is 41.1 Å². The van der Waals surface area contributed by atoms with Crippen LogP contribution in [0.25, 0.3) is 21.8 Å². The van der Waals surface area contributed by atoms with Crippen LogP contribution < -0.4 is 15.5 Å². The third kappa shape index (κ3) is 4.72. The molecule has 8 heteroatoms. The molecule has 1 fully saturated rings. The van der Waals surface area contributed by atoms with Crippen LogP contribution in [0.3, 0.4) is 0 Å². The number of rotatable bonds is 6. The molecule has 0 aliphatic carbocycles. The molecule has 4 aromatic rings. The lowest BCUT2D eigenvalue weighted by Crippen LogP contribution is -2.43.